The number of piperazine rings is 1. The van der Waals surface area contributed by atoms with Gasteiger partial charge in [-0.3, -0.25) is 4.79 Å². The fourth-order valence-corrected chi connectivity index (χ4v) is 2.61. The maximum absolute atomic E-state index is 13.8. The molecule has 136 valence electrons. The fraction of sp³-hybridized carbons (Fsp3) is 0.222. The number of carbonyl (C=O) groups is 2. The SMILES string of the molecule is O=C(Oc1ccccc1)N1CCN(C(=O)c2ccc(F)c(F)c2F)CC1. The van der Waals surface area contributed by atoms with Gasteiger partial charge in [0.25, 0.3) is 5.91 Å². The first-order chi connectivity index (χ1) is 12.5. The summed E-state index contributed by atoms with van der Waals surface area (Å²) < 4.78 is 45.3. The molecule has 1 saturated heterocycles. The van der Waals surface area contributed by atoms with Crippen LogP contribution in [-0.4, -0.2) is 48.0 Å². The standard InChI is InChI=1S/C18H15F3N2O3/c19-14-7-6-13(15(20)16(14)21)17(24)22-8-10-23(11-9-22)18(25)26-12-4-2-1-3-5-12/h1-7H,8-11H2. The molecule has 0 N–H and O–H groups in total. The van der Waals surface area contributed by atoms with Crippen LogP contribution in [0.2, 0.25) is 0 Å². The second-order valence-electron chi connectivity index (χ2n) is 5.68. The van der Waals surface area contributed by atoms with E-state index in [1.54, 1.807) is 30.3 Å². The molecule has 26 heavy (non-hydrogen) atoms. The summed E-state index contributed by atoms with van der Waals surface area (Å²) in [5, 5.41) is 0. The van der Waals surface area contributed by atoms with Crippen LogP contribution < -0.4 is 4.74 Å². The number of carbonyl (C=O) groups excluding carboxylic acids is 2. The molecule has 0 aromatic heterocycles. The zero-order chi connectivity index (χ0) is 18.7. The van der Waals surface area contributed by atoms with Gasteiger partial charge < -0.3 is 14.5 Å². The second-order valence-corrected chi connectivity index (χ2v) is 5.68. The van der Waals surface area contributed by atoms with Crippen LogP contribution in [0, 0.1) is 17.5 Å². The van der Waals surface area contributed by atoms with Crippen molar-refractivity contribution in [3.8, 4) is 5.75 Å². The average molecular weight is 364 g/mol. The first-order valence-corrected chi connectivity index (χ1v) is 7.92. The van der Waals surface area contributed by atoms with Gasteiger partial charge in [-0.2, -0.15) is 0 Å². The molecule has 1 heterocycles. The predicted molar refractivity (Wildman–Crippen MR) is 86.3 cm³/mol. The van der Waals surface area contributed by atoms with E-state index in [1.807, 2.05) is 0 Å². The molecule has 0 radical (unpaired) electrons. The summed E-state index contributed by atoms with van der Waals surface area (Å²) in [6.07, 6.45) is -0.553. The smallest absolute Gasteiger partial charge is 0.410 e. The highest BCUT2D eigenvalue weighted by molar-refractivity contribution is 5.94. The molecule has 3 rings (SSSR count). The molecule has 1 aliphatic heterocycles. The Morgan fingerprint density at radius 2 is 1.42 bits per heavy atom. The van der Waals surface area contributed by atoms with Gasteiger partial charge in [0.15, 0.2) is 17.5 Å². The summed E-state index contributed by atoms with van der Waals surface area (Å²) in [4.78, 5) is 27.1. The van der Waals surface area contributed by atoms with Gasteiger partial charge in [0, 0.05) is 26.2 Å². The van der Waals surface area contributed by atoms with Gasteiger partial charge >= 0.3 is 6.09 Å². The lowest BCUT2D eigenvalue weighted by molar-refractivity contribution is 0.0627. The number of para-hydroxylation sites is 1. The lowest BCUT2D eigenvalue weighted by Gasteiger charge is -2.34. The number of ether oxygens (including phenoxy) is 1. The van der Waals surface area contributed by atoms with Crippen molar-refractivity contribution in [2.24, 2.45) is 0 Å². The second kappa shape index (κ2) is 7.47. The third kappa shape index (κ3) is 3.63. The highest BCUT2D eigenvalue weighted by Gasteiger charge is 2.28. The van der Waals surface area contributed by atoms with Crippen molar-refractivity contribution >= 4 is 12.0 Å². The van der Waals surface area contributed by atoms with Crippen molar-refractivity contribution in [2.45, 2.75) is 0 Å². The number of halogens is 3. The van der Waals surface area contributed by atoms with Crippen LogP contribution in [0.15, 0.2) is 42.5 Å². The monoisotopic (exact) mass is 364 g/mol. The molecule has 1 aliphatic rings. The third-order valence-electron chi connectivity index (χ3n) is 4.04. The maximum Gasteiger partial charge on any atom is 0.415 e. The number of nitrogens with zero attached hydrogens (tertiary/aromatic N) is 2. The molecule has 2 aromatic carbocycles. The molecule has 2 aromatic rings. The molecule has 0 spiro atoms. The maximum atomic E-state index is 13.8. The molecule has 0 saturated carbocycles. The summed E-state index contributed by atoms with van der Waals surface area (Å²) in [5.41, 5.74) is -0.538. The largest absolute Gasteiger partial charge is 0.415 e. The number of benzene rings is 2. The zero-order valence-electron chi connectivity index (χ0n) is 13.6. The lowest BCUT2D eigenvalue weighted by Crippen LogP contribution is -2.51. The Hall–Kier alpha value is -3.03. The predicted octanol–water partition coefficient (Wildman–Crippen LogP) is 3.06. The number of rotatable bonds is 2. The minimum Gasteiger partial charge on any atom is -0.410 e. The average Bonchev–Trinajstić information content (AvgIpc) is 2.67. The van der Waals surface area contributed by atoms with E-state index in [2.05, 4.69) is 0 Å². The van der Waals surface area contributed by atoms with Gasteiger partial charge in [0.1, 0.15) is 5.75 Å². The summed E-state index contributed by atoms with van der Waals surface area (Å²) in [5.74, 6) is -4.90. The normalized spacial score (nSPS) is 14.3. The molecule has 2 amide bonds. The van der Waals surface area contributed by atoms with Crippen LogP contribution in [0.3, 0.4) is 0 Å². The molecule has 0 atom stereocenters. The van der Waals surface area contributed by atoms with E-state index in [1.165, 1.54) is 9.80 Å². The van der Waals surface area contributed by atoms with Gasteiger partial charge in [-0.05, 0) is 24.3 Å². The van der Waals surface area contributed by atoms with Crippen LogP contribution in [0.25, 0.3) is 0 Å². The van der Waals surface area contributed by atoms with Crippen LogP contribution in [0.4, 0.5) is 18.0 Å². The van der Waals surface area contributed by atoms with Gasteiger partial charge in [-0.1, -0.05) is 18.2 Å². The molecule has 1 fully saturated rings. The van der Waals surface area contributed by atoms with Crippen LogP contribution in [0.5, 0.6) is 5.75 Å². The Morgan fingerprint density at radius 3 is 2.08 bits per heavy atom. The minimum absolute atomic E-state index is 0.126. The molecular weight excluding hydrogens is 349 g/mol. The minimum atomic E-state index is -1.68. The number of hydrogen-bond donors (Lipinski definition) is 0. The third-order valence-corrected chi connectivity index (χ3v) is 4.04. The van der Waals surface area contributed by atoms with E-state index in [9.17, 15) is 22.8 Å². The Morgan fingerprint density at radius 1 is 0.808 bits per heavy atom. The first-order valence-electron chi connectivity index (χ1n) is 7.92. The van der Waals surface area contributed by atoms with Crippen molar-refractivity contribution < 1.29 is 27.5 Å². The lowest BCUT2D eigenvalue weighted by atomic mass is 10.1. The fourth-order valence-electron chi connectivity index (χ4n) is 2.61. The van der Waals surface area contributed by atoms with Crippen LogP contribution in [0.1, 0.15) is 10.4 Å². The van der Waals surface area contributed by atoms with E-state index in [-0.39, 0.29) is 26.2 Å². The number of hydrogen-bond acceptors (Lipinski definition) is 3. The van der Waals surface area contributed by atoms with Gasteiger partial charge in [0.05, 0.1) is 5.56 Å². The Labute approximate surface area is 147 Å². The molecule has 0 unspecified atom stereocenters. The van der Waals surface area contributed by atoms with Gasteiger partial charge in [-0.15, -0.1) is 0 Å². The topological polar surface area (TPSA) is 49.9 Å². The van der Waals surface area contributed by atoms with Crippen molar-refractivity contribution in [1.29, 1.82) is 0 Å². The van der Waals surface area contributed by atoms with Gasteiger partial charge in [0.2, 0.25) is 0 Å². The molecule has 5 nitrogen and oxygen atoms in total. The molecule has 0 aliphatic carbocycles. The zero-order valence-corrected chi connectivity index (χ0v) is 13.6. The van der Waals surface area contributed by atoms with Crippen molar-refractivity contribution in [3.05, 3.63) is 65.5 Å². The quantitative estimate of drug-likeness (QED) is 0.770. The van der Waals surface area contributed by atoms with Crippen LogP contribution in [-0.2, 0) is 0 Å². The summed E-state index contributed by atoms with van der Waals surface area (Å²) in [7, 11) is 0. The van der Waals surface area contributed by atoms with E-state index in [0.717, 1.165) is 6.07 Å². The van der Waals surface area contributed by atoms with Crippen molar-refractivity contribution in [2.75, 3.05) is 26.2 Å². The Balaban J connectivity index is 1.61. The van der Waals surface area contributed by atoms with Crippen molar-refractivity contribution in [1.82, 2.24) is 9.80 Å². The highest BCUT2D eigenvalue weighted by Crippen LogP contribution is 2.18. The van der Waals surface area contributed by atoms with E-state index in [4.69, 9.17) is 4.74 Å². The number of amides is 2. The van der Waals surface area contributed by atoms with E-state index >= 15 is 0 Å². The van der Waals surface area contributed by atoms with E-state index < -0.39 is 35.0 Å². The highest BCUT2D eigenvalue weighted by atomic mass is 19.2. The summed E-state index contributed by atoms with van der Waals surface area (Å²) in [6.45, 7) is 0.619. The van der Waals surface area contributed by atoms with E-state index in [0.29, 0.717) is 11.8 Å². The molecule has 0 bridgehead atoms. The van der Waals surface area contributed by atoms with Crippen LogP contribution >= 0.6 is 0 Å². The Bertz CT molecular complexity index is 822. The summed E-state index contributed by atoms with van der Waals surface area (Å²) >= 11 is 0. The Kier molecular flexibility index (Phi) is 5.11. The first kappa shape index (κ1) is 17.8. The summed E-state index contributed by atoms with van der Waals surface area (Å²) in [6, 6.07) is 10.2. The molecule has 8 heteroatoms. The van der Waals surface area contributed by atoms with Gasteiger partial charge in [-0.25, -0.2) is 18.0 Å². The molecular formula is C18H15F3N2O3. The van der Waals surface area contributed by atoms with Crippen molar-refractivity contribution in [3.63, 3.8) is 0 Å².